The fraction of sp³-hybridized carbons (Fsp3) is 0.462. The summed E-state index contributed by atoms with van der Waals surface area (Å²) in [6.45, 7) is 1.90. The number of hydrogen-bond donors (Lipinski definition) is 1. The molecule has 0 radical (unpaired) electrons. The van der Waals surface area contributed by atoms with E-state index in [1.165, 1.54) is 11.8 Å². The smallest absolute Gasteiger partial charge is 0.234 e. The van der Waals surface area contributed by atoms with E-state index < -0.39 is 0 Å². The van der Waals surface area contributed by atoms with Crippen LogP contribution in [0, 0.1) is 6.92 Å². The molecule has 6 heteroatoms. The molecule has 0 saturated carbocycles. The van der Waals surface area contributed by atoms with Crippen LogP contribution >= 0.6 is 23.4 Å². The molecule has 0 heterocycles. The number of nitrogens with one attached hydrogen (secondary N) is 1. The number of halogens is 1. The number of benzene rings is 1. The molecule has 19 heavy (non-hydrogen) atoms. The number of carbonyl (C=O) groups excluding carboxylic acids is 1. The second-order valence-corrected chi connectivity index (χ2v) is 5.39. The third kappa shape index (κ3) is 5.82. The highest BCUT2D eigenvalue weighted by molar-refractivity contribution is 8.00. The first-order chi connectivity index (χ1) is 9.06. The minimum atomic E-state index is -0.282. The molecule has 0 aliphatic heterocycles. The van der Waals surface area contributed by atoms with Gasteiger partial charge in [-0.05, 0) is 30.7 Å². The van der Waals surface area contributed by atoms with Crippen molar-refractivity contribution in [1.29, 1.82) is 0 Å². The van der Waals surface area contributed by atoms with Crippen LogP contribution in [0.15, 0.2) is 18.2 Å². The van der Waals surface area contributed by atoms with Crippen molar-refractivity contribution in [2.45, 2.75) is 13.2 Å². The highest BCUT2D eigenvalue weighted by Gasteiger charge is 2.09. The van der Waals surface area contributed by atoms with Gasteiger partial charge in [-0.3, -0.25) is 4.79 Å². The highest BCUT2D eigenvalue weighted by atomic mass is 35.5. The zero-order valence-electron chi connectivity index (χ0n) is 11.2. The fourth-order valence-electron chi connectivity index (χ4n) is 1.43. The number of methoxy groups -OCH3 is 2. The van der Waals surface area contributed by atoms with Gasteiger partial charge in [-0.1, -0.05) is 11.6 Å². The summed E-state index contributed by atoms with van der Waals surface area (Å²) in [6, 6.07) is 5.37. The number of anilines is 1. The molecule has 1 N–H and O–H groups in total. The van der Waals surface area contributed by atoms with Gasteiger partial charge in [0.05, 0.1) is 5.75 Å². The lowest BCUT2D eigenvalue weighted by Crippen LogP contribution is -2.19. The van der Waals surface area contributed by atoms with Crippen LogP contribution in [-0.4, -0.2) is 37.9 Å². The van der Waals surface area contributed by atoms with Gasteiger partial charge in [0.25, 0.3) is 0 Å². The van der Waals surface area contributed by atoms with E-state index in [4.69, 9.17) is 21.1 Å². The second kappa shape index (κ2) is 8.43. The van der Waals surface area contributed by atoms with Gasteiger partial charge in [-0.15, -0.1) is 11.8 Å². The molecule has 0 aliphatic rings. The maximum atomic E-state index is 11.8. The highest BCUT2D eigenvalue weighted by Crippen LogP contribution is 2.19. The molecule has 1 aromatic carbocycles. The summed E-state index contributed by atoms with van der Waals surface area (Å²) in [5.74, 6) is 0.909. The van der Waals surface area contributed by atoms with E-state index in [9.17, 15) is 4.79 Å². The predicted octanol–water partition coefficient (Wildman–Crippen LogP) is 2.94. The van der Waals surface area contributed by atoms with Crippen molar-refractivity contribution >= 4 is 35.0 Å². The van der Waals surface area contributed by atoms with Crippen LogP contribution in [0.2, 0.25) is 5.02 Å². The monoisotopic (exact) mass is 303 g/mol. The lowest BCUT2D eigenvalue weighted by atomic mass is 10.2. The average Bonchev–Trinajstić information content (AvgIpc) is 2.38. The zero-order chi connectivity index (χ0) is 14.3. The third-order valence-electron chi connectivity index (χ3n) is 2.48. The Kier molecular flexibility index (Phi) is 7.23. The Labute approximate surface area is 122 Å². The molecule has 0 saturated heterocycles. The maximum absolute atomic E-state index is 11.8. The van der Waals surface area contributed by atoms with E-state index in [0.717, 1.165) is 11.3 Å². The van der Waals surface area contributed by atoms with E-state index in [1.54, 1.807) is 26.4 Å². The third-order valence-corrected chi connectivity index (χ3v) is 3.68. The Bertz CT molecular complexity index is 424. The number of ether oxygens (including phenoxy) is 2. The van der Waals surface area contributed by atoms with Gasteiger partial charge in [0.1, 0.15) is 0 Å². The van der Waals surface area contributed by atoms with Gasteiger partial charge in [-0.25, -0.2) is 0 Å². The van der Waals surface area contributed by atoms with E-state index in [2.05, 4.69) is 5.32 Å². The van der Waals surface area contributed by atoms with Gasteiger partial charge in [0.2, 0.25) is 5.91 Å². The van der Waals surface area contributed by atoms with E-state index in [-0.39, 0.29) is 12.2 Å². The molecule has 1 aromatic rings. The first-order valence-corrected chi connectivity index (χ1v) is 7.29. The van der Waals surface area contributed by atoms with Gasteiger partial charge >= 0.3 is 0 Å². The van der Waals surface area contributed by atoms with E-state index in [1.807, 2.05) is 13.0 Å². The van der Waals surface area contributed by atoms with Crippen LogP contribution in [0.25, 0.3) is 0 Å². The second-order valence-electron chi connectivity index (χ2n) is 3.92. The van der Waals surface area contributed by atoms with Crippen molar-refractivity contribution in [2.24, 2.45) is 0 Å². The topological polar surface area (TPSA) is 47.6 Å². The molecule has 0 bridgehead atoms. The molecular weight excluding hydrogens is 286 g/mol. The van der Waals surface area contributed by atoms with Crippen LogP contribution in [0.5, 0.6) is 0 Å². The van der Waals surface area contributed by atoms with E-state index >= 15 is 0 Å². The molecule has 0 aromatic heterocycles. The quantitative estimate of drug-likeness (QED) is 0.787. The Morgan fingerprint density at radius 1 is 1.42 bits per heavy atom. The Morgan fingerprint density at radius 3 is 2.68 bits per heavy atom. The summed E-state index contributed by atoms with van der Waals surface area (Å²) in [7, 11) is 3.15. The SMILES string of the molecule is COC(CSCC(=O)Nc1ccc(Cl)cc1C)OC. The summed E-state index contributed by atoms with van der Waals surface area (Å²) >= 11 is 7.32. The predicted molar refractivity (Wildman–Crippen MR) is 79.9 cm³/mol. The standard InChI is InChI=1S/C13H18ClNO3S/c1-9-6-10(14)4-5-11(9)15-12(16)7-19-8-13(17-2)18-3/h4-6,13H,7-8H2,1-3H3,(H,15,16). The number of rotatable bonds is 7. The number of aryl methyl sites for hydroxylation is 1. The fourth-order valence-corrected chi connectivity index (χ4v) is 2.50. The molecular formula is C13H18ClNO3S. The molecule has 1 amide bonds. The summed E-state index contributed by atoms with van der Waals surface area (Å²) in [5.41, 5.74) is 1.72. The molecule has 0 spiro atoms. The first-order valence-electron chi connectivity index (χ1n) is 5.76. The zero-order valence-corrected chi connectivity index (χ0v) is 12.8. The number of amides is 1. The molecule has 106 valence electrons. The number of thioether (sulfide) groups is 1. The van der Waals surface area contributed by atoms with Crippen molar-refractivity contribution in [3.8, 4) is 0 Å². The maximum Gasteiger partial charge on any atom is 0.234 e. The first kappa shape index (κ1) is 16.3. The van der Waals surface area contributed by atoms with E-state index in [0.29, 0.717) is 16.5 Å². The normalized spacial score (nSPS) is 10.8. The average molecular weight is 304 g/mol. The summed E-state index contributed by atoms with van der Waals surface area (Å²) in [6.07, 6.45) is -0.282. The number of hydrogen-bond acceptors (Lipinski definition) is 4. The minimum Gasteiger partial charge on any atom is -0.355 e. The summed E-state index contributed by atoms with van der Waals surface area (Å²) in [5, 5.41) is 3.51. The van der Waals surface area contributed by atoms with Gasteiger partial charge in [-0.2, -0.15) is 0 Å². The molecule has 0 fully saturated rings. The van der Waals surface area contributed by atoms with Gasteiger partial charge < -0.3 is 14.8 Å². The molecule has 1 rings (SSSR count). The van der Waals surface area contributed by atoms with Crippen molar-refractivity contribution in [3.05, 3.63) is 28.8 Å². The summed E-state index contributed by atoms with van der Waals surface area (Å²) in [4.78, 5) is 11.8. The van der Waals surface area contributed by atoms with Crippen LogP contribution in [0.1, 0.15) is 5.56 Å². The minimum absolute atomic E-state index is 0.0543. The summed E-state index contributed by atoms with van der Waals surface area (Å²) < 4.78 is 10.1. The van der Waals surface area contributed by atoms with Crippen molar-refractivity contribution < 1.29 is 14.3 Å². The van der Waals surface area contributed by atoms with Crippen LogP contribution in [0.3, 0.4) is 0 Å². The molecule has 0 atom stereocenters. The molecule has 4 nitrogen and oxygen atoms in total. The van der Waals surface area contributed by atoms with Crippen molar-refractivity contribution in [3.63, 3.8) is 0 Å². The van der Waals surface area contributed by atoms with Crippen molar-refractivity contribution in [1.82, 2.24) is 0 Å². The molecule has 0 unspecified atom stereocenters. The lowest BCUT2D eigenvalue weighted by molar-refractivity contribution is -0.113. The Hall–Kier alpha value is -0.750. The Morgan fingerprint density at radius 2 is 2.11 bits per heavy atom. The van der Waals surface area contributed by atoms with Crippen LogP contribution < -0.4 is 5.32 Å². The largest absolute Gasteiger partial charge is 0.355 e. The lowest BCUT2D eigenvalue weighted by Gasteiger charge is -2.13. The van der Waals surface area contributed by atoms with Gasteiger partial charge in [0, 0.05) is 30.7 Å². The Balaban J connectivity index is 2.39. The van der Waals surface area contributed by atoms with Crippen LogP contribution in [0.4, 0.5) is 5.69 Å². The van der Waals surface area contributed by atoms with Crippen molar-refractivity contribution in [2.75, 3.05) is 31.0 Å². The van der Waals surface area contributed by atoms with Gasteiger partial charge in [0.15, 0.2) is 6.29 Å². The molecule has 0 aliphatic carbocycles. The number of carbonyl (C=O) groups is 1. The van der Waals surface area contributed by atoms with Crippen LogP contribution in [-0.2, 0) is 14.3 Å².